The summed E-state index contributed by atoms with van der Waals surface area (Å²) in [7, 11) is 0. The van der Waals surface area contributed by atoms with E-state index in [0.717, 1.165) is 42.4 Å². The predicted molar refractivity (Wildman–Crippen MR) is 101 cm³/mol. The molecule has 0 bridgehead atoms. The van der Waals surface area contributed by atoms with Crippen molar-refractivity contribution in [3.05, 3.63) is 57.8 Å². The highest BCUT2D eigenvalue weighted by molar-refractivity contribution is 7.12. The highest BCUT2D eigenvalue weighted by Crippen LogP contribution is 2.33. The zero-order valence-electron chi connectivity index (χ0n) is 14.7. The SMILES string of the molecule is Cc1ccsc1C(=O)N1CC[C@@H](OCC2CC2)[C@@H]1Cc1ccccc1. The molecule has 0 unspecified atom stereocenters. The number of rotatable bonds is 6. The molecule has 2 aliphatic rings. The van der Waals surface area contributed by atoms with Crippen molar-refractivity contribution in [2.75, 3.05) is 13.2 Å². The maximum atomic E-state index is 13.1. The Morgan fingerprint density at radius 2 is 2.00 bits per heavy atom. The highest BCUT2D eigenvalue weighted by atomic mass is 32.1. The molecule has 1 aliphatic carbocycles. The molecule has 1 aromatic carbocycles. The number of benzene rings is 1. The molecule has 2 aromatic rings. The van der Waals surface area contributed by atoms with E-state index in [9.17, 15) is 4.79 Å². The van der Waals surface area contributed by atoms with Gasteiger partial charge in [-0.15, -0.1) is 11.3 Å². The molecule has 0 radical (unpaired) electrons. The van der Waals surface area contributed by atoms with Gasteiger partial charge in [-0.05, 0) is 61.1 Å². The van der Waals surface area contributed by atoms with Gasteiger partial charge >= 0.3 is 0 Å². The van der Waals surface area contributed by atoms with Gasteiger partial charge < -0.3 is 9.64 Å². The third-order valence-corrected chi connectivity index (χ3v) is 6.34. The fourth-order valence-corrected chi connectivity index (χ4v) is 4.52. The van der Waals surface area contributed by atoms with Crippen molar-refractivity contribution in [1.29, 1.82) is 0 Å². The van der Waals surface area contributed by atoms with Crippen LogP contribution in [0.1, 0.15) is 40.1 Å². The van der Waals surface area contributed by atoms with Crippen LogP contribution in [-0.4, -0.2) is 36.1 Å². The van der Waals surface area contributed by atoms with Gasteiger partial charge in [-0.25, -0.2) is 0 Å². The van der Waals surface area contributed by atoms with Crippen LogP contribution < -0.4 is 0 Å². The van der Waals surface area contributed by atoms with Gasteiger partial charge in [0.05, 0.1) is 17.0 Å². The Morgan fingerprint density at radius 1 is 1.20 bits per heavy atom. The van der Waals surface area contributed by atoms with Gasteiger partial charge in [0, 0.05) is 13.2 Å². The van der Waals surface area contributed by atoms with Crippen molar-refractivity contribution in [2.45, 2.75) is 44.8 Å². The number of aryl methyl sites for hydroxylation is 1. The van der Waals surface area contributed by atoms with Crippen LogP contribution in [0.4, 0.5) is 0 Å². The van der Waals surface area contributed by atoms with Crippen LogP contribution in [0.15, 0.2) is 41.8 Å². The van der Waals surface area contributed by atoms with E-state index in [4.69, 9.17) is 4.74 Å². The largest absolute Gasteiger partial charge is 0.376 e. The van der Waals surface area contributed by atoms with Crippen molar-refractivity contribution in [3.63, 3.8) is 0 Å². The number of nitrogens with zero attached hydrogens (tertiary/aromatic N) is 1. The molecule has 132 valence electrons. The molecule has 2 heterocycles. The second-order valence-corrected chi connectivity index (χ2v) is 8.21. The number of hydrogen-bond donors (Lipinski definition) is 0. The minimum atomic E-state index is 0.134. The van der Waals surface area contributed by atoms with E-state index in [1.165, 1.54) is 18.4 Å². The molecule has 4 rings (SSSR count). The lowest BCUT2D eigenvalue weighted by molar-refractivity contribution is 0.0201. The van der Waals surface area contributed by atoms with Crippen LogP contribution in [0.2, 0.25) is 0 Å². The topological polar surface area (TPSA) is 29.5 Å². The molecule has 0 spiro atoms. The minimum absolute atomic E-state index is 0.134. The van der Waals surface area contributed by atoms with Crippen molar-refractivity contribution in [1.82, 2.24) is 4.90 Å². The molecule has 1 aliphatic heterocycles. The Labute approximate surface area is 153 Å². The molecule has 4 heteroatoms. The summed E-state index contributed by atoms with van der Waals surface area (Å²) in [6, 6.07) is 12.6. The molecular formula is C21H25NO2S. The zero-order valence-corrected chi connectivity index (χ0v) is 15.5. The van der Waals surface area contributed by atoms with Crippen LogP contribution >= 0.6 is 11.3 Å². The first-order valence-electron chi connectivity index (χ1n) is 9.23. The Bertz CT molecular complexity index is 723. The van der Waals surface area contributed by atoms with Crippen molar-refractivity contribution >= 4 is 17.2 Å². The van der Waals surface area contributed by atoms with Crippen LogP contribution in [0.5, 0.6) is 0 Å². The Morgan fingerprint density at radius 3 is 2.68 bits per heavy atom. The normalized spacial score (nSPS) is 23.2. The monoisotopic (exact) mass is 355 g/mol. The smallest absolute Gasteiger partial charge is 0.264 e. The second-order valence-electron chi connectivity index (χ2n) is 7.29. The average molecular weight is 356 g/mol. The maximum Gasteiger partial charge on any atom is 0.264 e. The number of carbonyl (C=O) groups excluding carboxylic acids is 1. The molecule has 3 nitrogen and oxygen atoms in total. The lowest BCUT2D eigenvalue weighted by atomic mass is 10.0. The number of ether oxygens (including phenoxy) is 1. The van der Waals surface area contributed by atoms with E-state index < -0.39 is 0 Å². The van der Waals surface area contributed by atoms with Gasteiger partial charge in [0.25, 0.3) is 5.91 Å². The van der Waals surface area contributed by atoms with E-state index in [-0.39, 0.29) is 18.1 Å². The second kappa shape index (κ2) is 7.30. The predicted octanol–water partition coefficient (Wildman–Crippen LogP) is 4.31. The van der Waals surface area contributed by atoms with Gasteiger partial charge in [0.15, 0.2) is 0 Å². The average Bonchev–Trinajstić information content (AvgIpc) is 3.23. The molecule has 1 amide bonds. The van der Waals surface area contributed by atoms with Crippen LogP contribution in [0.25, 0.3) is 0 Å². The summed E-state index contributed by atoms with van der Waals surface area (Å²) < 4.78 is 6.25. The third-order valence-electron chi connectivity index (χ3n) is 5.33. The van der Waals surface area contributed by atoms with Gasteiger partial charge in [0.2, 0.25) is 0 Å². The molecular weight excluding hydrogens is 330 g/mol. The minimum Gasteiger partial charge on any atom is -0.376 e. The molecule has 2 fully saturated rings. The molecule has 25 heavy (non-hydrogen) atoms. The molecule has 0 N–H and O–H groups in total. The van der Waals surface area contributed by atoms with Gasteiger partial charge in [-0.3, -0.25) is 4.79 Å². The summed E-state index contributed by atoms with van der Waals surface area (Å²) in [4.78, 5) is 16.0. The first-order chi connectivity index (χ1) is 12.2. The van der Waals surface area contributed by atoms with E-state index in [2.05, 4.69) is 29.2 Å². The first kappa shape index (κ1) is 16.8. The summed E-state index contributed by atoms with van der Waals surface area (Å²) in [6.07, 6.45) is 4.57. The Balaban J connectivity index is 1.53. The number of amides is 1. The van der Waals surface area contributed by atoms with E-state index in [0.29, 0.717) is 0 Å². The van der Waals surface area contributed by atoms with Crippen LogP contribution in [0, 0.1) is 12.8 Å². The van der Waals surface area contributed by atoms with Crippen molar-refractivity contribution in [3.8, 4) is 0 Å². The van der Waals surface area contributed by atoms with Crippen molar-refractivity contribution in [2.24, 2.45) is 5.92 Å². The molecule has 1 saturated carbocycles. The van der Waals surface area contributed by atoms with Crippen LogP contribution in [0.3, 0.4) is 0 Å². The summed E-state index contributed by atoms with van der Waals surface area (Å²) in [6.45, 7) is 3.67. The standard InChI is InChI=1S/C21H25NO2S/c1-15-10-12-25-20(15)21(23)22-11-9-19(24-14-17-7-8-17)18(22)13-16-5-3-2-4-6-16/h2-6,10,12,17-19H,7-9,11,13-14H2,1H3/t18-,19+/m0/s1. The van der Waals surface area contributed by atoms with E-state index >= 15 is 0 Å². The van der Waals surface area contributed by atoms with Crippen LogP contribution in [-0.2, 0) is 11.2 Å². The maximum absolute atomic E-state index is 13.1. The lowest BCUT2D eigenvalue weighted by Crippen LogP contribution is -2.42. The number of hydrogen-bond acceptors (Lipinski definition) is 3. The Kier molecular flexibility index (Phi) is 4.91. The van der Waals surface area contributed by atoms with Crippen molar-refractivity contribution < 1.29 is 9.53 Å². The highest BCUT2D eigenvalue weighted by Gasteiger charge is 2.39. The van der Waals surface area contributed by atoms with Gasteiger partial charge in [0.1, 0.15) is 0 Å². The molecule has 1 aromatic heterocycles. The lowest BCUT2D eigenvalue weighted by Gasteiger charge is -2.28. The van der Waals surface area contributed by atoms with E-state index in [1.54, 1.807) is 11.3 Å². The number of carbonyl (C=O) groups is 1. The third kappa shape index (κ3) is 3.80. The number of likely N-dealkylation sites (tertiary alicyclic amines) is 1. The number of thiophene rings is 1. The van der Waals surface area contributed by atoms with E-state index in [1.807, 2.05) is 24.4 Å². The summed E-state index contributed by atoms with van der Waals surface area (Å²) >= 11 is 1.55. The quantitative estimate of drug-likeness (QED) is 0.773. The summed E-state index contributed by atoms with van der Waals surface area (Å²) in [5.74, 6) is 0.924. The molecule has 2 atom stereocenters. The molecule has 1 saturated heterocycles. The summed E-state index contributed by atoms with van der Waals surface area (Å²) in [5, 5.41) is 2.01. The van der Waals surface area contributed by atoms with Gasteiger partial charge in [-0.1, -0.05) is 30.3 Å². The fourth-order valence-electron chi connectivity index (χ4n) is 3.64. The fraction of sp³-hybridized carbons (Fsp3) is 0.476. The Hall–Kier alpha value is -1.65. The van der Waals surface area contributed by atoms with Gasteiger partial charge in [-0.2, -0.15) is 0 Å². The first-order valence-corrected chi connectivity index (χ1v) is 10.1. The zero-order chi connectivity index (χ0) is 17.2. The summed E-state index contributed by atoms with van der Waals surface area (Å²) in [5.41, 5.74) is 2.35.